The summed E-state index contributed by atoms with van der Waals surface area (Å²) in [6, 6.07) is 10.2. The van der Waals surface area contributed by atoms with Crippen molar-refractivity contribution in [3.05, 3.63) is 48.2 Å². The Balaban J connectivity index is 2.17. The molecule has 0 aliphatic carbocycles. The quantitative estimate of drug-likeness (QED) is 0.450. The number of carbonyl (C=O) groups excluding carboxylic acids is 1. The molecule has 0 radical (unpaired) electrons. The fourth-order valence-corrected chi connectivity index (χ4v) is 1.14. The Kier molecular flexibility index (Phi) is 5.01. The van der Waals surface area contributed by atoms with E-state index in [0.717, 1.165) is 13.0 Å². The second-order valence-corrected chi connectivity index (χ2v) is 3.05. The van der Waals surface area contributed by atoms with E-state index in [2.05, 4.69) is 22.2 Å². The Bertz CT molecular complexity index is 320. The van der Waals surface area contributed by atoms with Gasteiger partial charge in [-0.3, -0.25) is 0 Å². The van der Waals surface area contributed by atoms with Crippen LogP contribution in [-0.4, -0.2) is 19.6 Å². The molecule has 3 nitrogen and oxygen atoms in total. The van der Waals surface area contributed by atoms with E-state index in [4.69, 9.17) is 0 Å². The molecule has 0 unspecified atom stereocenters. The first-order valence-corrected chi connectivity index (χ1v) is 4.84. The minimum atomic E-state index is -0.345. The molecule has 80 valence electrons. The van der Waals surface area contributed by atoms with Crippen molar-refractivity contribution in [2.24, 2.45) is 0 Å². The minimum Gasteiger partial charge on any atom is -0.466 e. The zero-order valence-electron chi connectivity index (χ0n) is 8.77. The van der Waals surface area contributed by atoms with Gasteiger partial charge in [-0.05, 0) is 12.0 Å². The number of hydrogen-bond donors (Lipinski definition) is 1. The highest BCUT2D eigenvalue weighted by atomic mass is 16.5. The van der Waals surface area contributed by atoms with Gasteiger partial charge in [-0.1, -0.05) is 30.3 Å². The maximum atomic E-state index is 10.7. The van der Waals surface area contributed by atoms with Crippen LogP contribution < -0.4 is 5.32 Å². The summed E-state index contributed by atoms with van der Waals surface area (Å²) in [6.45, 7) is 0.803. The maximum absolute atomic E-state index is 10.7. The fraction of sp³-hybridized carbons (Fsp3) is 0.250. The first-order valence-electron chi connectivity index (χ1n) is 4.84. The lowest BCUT2D eigenvalue weighted by Crippen LogP contribution is -2.10. The fourth-order valence-electron chi connectivity index (χ4n) is 1.14. The van der Waals surface area contributed by atoms with Gasteiger partial charge in [-0.2, -0.15) is 0 Å². The highest BCUT2D eigenvalue weighted by Crippen LogP contribution is 1.97. The van der Waals surface area contributed by atoms with Crippen molar-refractivity contribution in [2.75, 3.05) is 13.7 Å². The summed E-state index contributed by atoms with van der Waals surface area (Å²) in [4.78, 5) is 10.7. The number of ether oxygens (including phenoxy) is 1. The van der Waals surface area contributed by atoms with Gasteiger partial charge in [0, 0.05) is 18.8 Å². The molecule has 1 N–H and O–H groups in total. The summed E-state index contributed by atoms with van der Waals surface area (Å²) in [7, 11) is 1.36. The molecule has 1 rings (SSSR count). The minimum absolute atomic E-state index is 0.345. The highest BCUT2D eigenvalue weighted by Gasteiger charge is 1.90. The molecule has 15 heavy (non-hydrogen) atoms. The summed E-state index contributed by atoms with van der Waals surface area (Å²) < 4.78 is 4.45. The van der Waals surface area contributed by atoms with Gasteiger partial charge in [-0.25, -0.2) is 4.79 Å². The molecule has 0 saturated carbocycles. The molecule has 1 aromatic rings. The Morgan fingerprint density at radius 1 is 1.40 bits per heavy atom. The standard InChI is InChI=1S/C12H15NO2/c1-15-12(14)8-10-13-9-7-11-5-3-2-4-6-11/h2-6,8,10,13H,7,9H2,1H3/b10-8-. The van der Waals surface area contributed by atoms with Crippen molar-refractivity contribution in [3.8, 4) is 0 Å². The lowest BCUT2D eigenvalue weighted by atomic mass is 10.1. The molecule has 0 aromatic heterocycles. The van der Waals surface area contributed by atoms with Crippen molar-refractivity contribution in [1.29, 1.82) is 0 Å². The molecule has 0 heterocycles. The number of nitrogens with one attached hydrogen (secondary N) is 1. The van der Waals surface area contributed by atoms with Crippen LogP contribution in [0.3, 0.4) is 0 Å². The third kappa shape index (κ3) is 4.86. The van der Waals surface area contributed by atoms with E-state index in [1.807, 2.05) is 18.2 Å². The van der Waals surface area contributed by atoms with Crippen LogP contribution in [0.5, 0.6) is 0 Å². The average molecular weight is 205 g/mol. The van der Waals surface area contributed by atoms with Crippen LogP contribution in [0.25, 0.3) is 0 Å². The third-order valence-electron chi connectivity index (χ3n) is 1.94. The van der Waals surface area contributed by atoms with Crippen LogP contribution >= 0.6 is 0 Å². The van der Waals surface area contributed by atoms with Gasteiger partial charge in [0.05, 0.1) is 7.11 Å². The van der Waals surface area contributed by atoms with Crippen molar-refractivity contribution >= 4 is 5.97 Å². The second-order valence-electron chi connectivity index (χ2n) is 3.05. The van der Waals surface area contributed by atoms with Gasteiger partial charge in [0.15, 0.2) is 0 Å². The number of methoxy groups -OCH3 is 1. The van der Waals surface area contributed by atoms with Gasteiger partial charge in [-0.15, -0.1) is 0 Å². The molecule has 0 spiro atoms. The lowest BCUT2D eigenvalue weighted by molar-refractivity contribution is -0.134. The number of rotatable bonds is 5. The van der Waals surface area contributed by atoms with E-state index in [-0.39, 0.29) is 5.97 Å². The molecule has 0 aliphatic rings. The molecule has 0 fully saturated rings. The number of esters is 1. The number of carbonyl (C=O) groups is 1. The van der Waals surface area contributed by atoms with Crippen molar-refractivity contribution < 1.29 is 9.53 Å². The summed E-state index contributed by atoms with van der Waals surface area (Å²) >= 11 is 0. The lowest BCUT2D eigenvalue weighted by Gasteiger charge is -2.00. The van der Waals surface area contributed by atoms with E-state index in [1.54, 1.807) is 6.20 Å². The van der Waals surface area contributed by atoms with E-state index >= 15 is 0 Å². The van der Waals surface area contributed by atoms with Gasteiger partial charge in [0.2, 0.25) is 0 Å². The summed E-state index contributed by atoms with van der Waals surface area (Å²) in [5.74, 6) is -0.345. The van der Waals surface area contributed by atoms with Crippen molar-refractivity contribution in [3.63, 3.8) is 0 Å². The first-order chi connectivity index (χ1) is 7.33. The van der Waals surface area contributed by atoms with E-state index in [9.17, 15) is 4.79 Å². The Labute approximate surface area is 89.8 Å². The second kappa shape index (κ2) is 6.65. The molecular weight excluding hydrogens is 190 g/mol. The van der Waals surface area contributed by atoms with Crippen LogP contribution in [0.1, 0.15) is 5.56 Å². The number of hydrogen-bond acceptors (Lipinski definition) is 3. The van der Waals surface area contributed by atoms with Crippen LogP contribution in [-0.2, 0) is 16.0 Å². The summed E-state index contributed by atoms with van der Waals surface area (Å²) in [6.07, 6.45) is 3.91. The SMILES string of the molecule is COC(=O)/C=C\NCCc1ccccc1. The molecule has 0 bridgehead atoms. The highest BCUT2D eigenvalue weighted by molar-refractivity contribution is 5.81. The third-order valence-corrected chi connectivity index (χ3v) is 1.94. The number of benzene rings is 1. The van der Waals surface area contributed by atoms with Gasteiger partial charge in [0.25, 0.3) is 0 Å². The van der Waals surface area contributed by atoms with Crippen LogP contribution in [0.15, 0.2) is 42.6 Å². The van der Waals surface area contributed by atoms with E-state index in [1.165, 1.54) is 18.7 Å². The van der Waals surface area contributed by atoms with Crippen LogP contribution in [0, 0.1) is 0 Å². The zero-order valence-corrected chi connectivity index (χ0v) is 8.77. The predicted molar refractivity (Wildman–Crippen MR) is 59.3 cm³/mol. The summed E-state index contributed by atoms with van der Waals surface area (Å²) in [5, 5.41) is 3.02. The van der Waals surface area contributed by atoms with Crippen molar-refractivity contribution in [2.45, 2.75) is 6.42 Å². The first kappa shape index (κ1) is 11.3. The zero-order chi connectivity index (χ0) is 10.9. The molecular formula is C12H15NO2. The smallest absolute Gasteiger partial charge is 0.331 e. The average Bonchev–Trinajstić information content (AvgIpc) is 2.29. The van der Waals surface area contributed by atoms with Crippen LogP contribution in [0.4, 0.5) is 0 Å². The normalized spacial score (nSPS) is 10.2. The molecule has 0 amide bonds. The van der Waals surface area contributed by atoms with E-state index < -0.39 is 0 Å². The molecule has 1 aromatic carbocycles. The predicted octanol–water partition coefficient (Wildman–Crippen LogP) is 1.51. The molecule has 3 heteroatoms. The monoisotopic (exact) mass is 205 g/mol. The Morgan fingerprint density at radius 2 is 2.13 bits per heavy atom. The van der Waals surface area contributed by atoms with Gasteiger partial charge in [0.1, 0.15) is 0 Å². The van der Waals surface area contributed by atoms with Gasteiger partial charge < -0.3 is 10.1 Å². The van der Waals surface area contributed by atoms with Gasteiger partial charge >= 0.3 is 5.97 Å². The largest absolute Gasteiger partial charge is 0.466 e. The topological polar surface area (TPSA) is 38.3 Å². The Hall–Kier alpha value is -1.77. The molecule has 0 saturated heterocycles. The van der Waals surface area contributed by atoms with E-state index in [0.29, 0.717) is 0 Å². The van der Waals surface area contributed by atoms with Crippen molar-refractivity contribution in [1.82, 2.24) is 5.32 Å². The summed E-state index contributed by atoms with van der Waals surface area (Å²) in [5.41, 5.74) is 1.27. The Morgan fingerprint density at radius 3 is 2.80 bits per heavy atom. The maximum Gasteiger partial charge on any atom is 0.331 e. The molecule has 0 aliphatic heterocycles. The van der Waals surface area contributed by atoms with Crippen LogP contribution in [0.2, 0.25) is 0 Å². The molecule has 0 atom stereocenters.